The van der Waals surface area contributed by atoms with E-state index in [0.29, 0.717) is 21.9 Å². The monoisotopic (exact) mass is 356 g/mol. The first-order valence-electron chi connectivity index (χ1n) is 7.53. The van der Waals surface area contributed by atoms with E-state index in [1.54, 1.807) is 24.3 Å². The second-order valence-corrected chi connectivity index (χ2v) is 6.30. The van der Waals surface area contributed by atoms with Gasteiger partial charge < -0.3 is 14.2 Å². The lowest BCUT2D eigenvalue weighted by molar-refractivity contribution is 0.0479. The van der Waals surface area contributed by atoms with E-state index in [-0.39, 0.29) is 12.4 Å². The Balaban J connectivity index is 1.70. The molecule has 0 saturated carbocycles. The van der Waals surface area contributed by atoms with E-state index in [4.69, 9.17) is 14.2 Å². The molecule has 0 N–H and O–H groups in total. The smallest absolute Gasteiger partial charge is 0.348 e. The minimum atomic E-state index is -0.512. The Morgan fingerprint density at radius 2 is 1.80 bits per heavy atom. The van der Waals surface area contributed by atoms with Gasteiger partial charge in [0.05, 0.1) is 19.8 Å². The van der Waals surface area contributed by atoms with Gasteiger partial charge in [0.1, 0.15) is 16.4 Å². The third-order valence-corrected chi connectivity index (χ3v) is 4.77. The van der Waals surface area contributed by atoms with Gasteiger partial charge in [-0.15, -0.1) is 11.3 Å². The number of hydrogen-bond acceptors (Lipinski definition) is 6. The second kappa shape index (κ2) is 7.36. The summed E-state index contributed by atoms with van der Waals surface area (Å²) >= 11 is 1.34. The zero-order valence-corrected chi connectivity index (χ0v) is 14.6. The number of hydrogen-bond donors (Lipinski definition) is 0. The zero-order valence-electron chi connectivity index (χ0n) is 13.8. The van der Waals surface area contributed by atoms with Gasteiger partial charge in [-0.05, 0) is 29.7 Å². The average Bonchev–Trinajstić information content (AvgIpc) is 3.09. The summed E-state index contributed by atoms with van der Waals surface area (Å²) in [5.74, 6) is 0.105. The number of ether oxygens (including phenoxy) is 3. The van der Waals surface area contributed by atoms with Gasteiger partial charge in [-0.25, -0.2) is 4.79 Å². The number of rotatable bonds is 6. The van der Waals surface area contributed by atoms with Crippen molar-refractivity contribution in [3.8, 4) is 11.5 Å². The number of esters is 1. The number of fused-ring (bicyclic) bond motifs is 1. The molecule has 6 heteroatoms. The first-order chi connectivity index (χ1) is 12.1. The molecule has 1 aromatic heterocycles. The summed E-state index contributed by atoms with van der Waals surface area (Å²) in [4.78, 5) is 25.0. The molecule has 1 heterocycles. The van der Waals surface area contributed by atoms with Crippen molar-refractivity contribution in [1.29, 1.82) is 0 Å². The molecule has 0 amide bonds. The van der Waals surface area contributed by atoms with Gasteiger partial charge in [-0.3, -0.25) is 4.79 Å². The van der Waals surface area contributed by atoms with Crippen LogP contribution in [0.15, 0.2) is 48.5 Å². The molecule has 3 rings (SSSR count). The highest BCUT2D eigenvalue weighted by Crippen LogP contribution is 2.27. The molecule has 5 nitrogen and oxygen atoms in total. The van der Waals surface area contributed by atoms with E-state index >= 15 is 0 Å². The molecule has 2 aromatic carbocycles. The van der Waals surface area contributed by atoms with Gasteiger partial charge in [0.2, 0.25) is 5.78 Å². The van der Waals surface area contributed by atoms with Crippen LogP contribution in [0.3, 0.4) is 0 Å². The molecule has 0 unspecified atom stereocenters. The molecular weight excluding hydrogens is 340 g/mol. The third-order valence-electron chi connectivity index (χ3n) is 3.67. The Bertz CT molecular complexity index is 895. The summed E-state index contributed by atoms with van der Waals surface area (Å²) in [5.41, 5.74) is 0.340. The number of ketones is 1. The van der Waals surface area contributed by atoms with Crippen molar-refractivity contribution in [2.45, 2.75) is 0 Å². The maximum absolute atomic E-state index is 12.3. The first kappa shape index (κ1) is 17.0. The topological polar surface area (TPSA) is 61.8 Å². The fraction of sp³-hybridized carbons (Fsp3) is 0.158. The lowest BCUT2D eigenvalue weighted by Gasteiger charge is -2.09. The molecule has 0 aliphatic carbocycles. The summed E-state index contributed by atoms with van der Waals surface area (Å²) in [6.07, 6.45) is 0. The molecule has 0 aliphatic heterocycles. The van der Waals surface area contributed by atoms with Gasteiger partial charge in [-0.1, -0.05) is 18.2 Å². The van der Waals surface area contributed by atoms with Crippen LogP contribution >= 0.6 is 11.3 Å². The fourth-order valence-electron chi connectivity index (χ4n) is 2.39. The van der Waals surface area contributed by atoms with Crippen LogP contribution in [0.5, 0.6) is 11.5 Å². The molecule has 0 radical (unpaired) electrons. The molecule has 128 valence electrons. The highest BCUT2D eigenvalue weighted by Gasteiger charge is 2.17. The maximum atomic E-state index is 12.3. The number of methoxy groups -OCH3 is 2. The van der Waals surface area contributed by atoms with Gasteiger partial charge in [0.25, 0.3) is 0 Å². The molecule has 25 heavy (non-hydrogen) atoms. The quantitative estimate of drug-likeness (QED) is 0.494. The van der Waals surface area contributed by atoms with E-state index < -0.39 is 5.97 Å². The molecular formula is C19H16O5S. The van der Waals surface area contributed by atoms with Gasteiger partial charge >= 0.3 is 5.97 Å². The normalized spacial score (nSPS) is 10.5. The standard InChI is InChI=1S/C19H16O5S/c1-22-13-7-8-14(16(10-13)23-2)15(20)11-24-19(21)18-9-12-5-3-4-6-17(12)25-18/h3-10H,11H2,1-2H3. The Kier molecular flexibility index (Phi) is 5.00. The fourth-order valence-corrected chi connectivity index (χ4v) is 3.35. The SMILES string of the molecule is COc1ccc(C(=O)COC(=O)c2cc3ccccc3s2)c(OC)c1. The van der Waals surface area contributed by atoms with Crippen LogP contribution in [-0.2, 0) is 4.74 Å². The minimum absolute atomic E-state index is 0.339. The van der Waals surface area contributed by atoms with Crippen molar-refractivity contribution < 1.29 is 23.8 Å². The van der Waals surface area contributed by atoms with Gasteiger partial charge in [0, 0.05) is 10.8 Å². The summed E-state index contributed by atoms with van der Waals surface area (Å²) in [7, 11) is 3.00. The lowest BCUT2D eigenvalue weighted by Crippen LogP contribution is -2.14. The van der Waals surface area contributed by atoms with E-state index in [9.17, 15) is 9.59 Å². The number of carbonyl (C=O) groups excluding carboxylic acids is 2. The lowest BCUT2D eigenvalue weighted by atomic mass is 10.1. The van der Waals surface area contributed by atoms with Crippen LogP contribution in [0.2, 0.25) is 0 Å². The third kappa shape index (κ3) is 3.64. The molecule has 0 aliphatic rings. The van der Waals surface area contributed by atoms with Crippen LogP contribution in [0, 0.1) is 0 Å². The molecule has 3 aromatic rings. The molecule has 0 saturated heterocycles. The van der Waals surface area contributed by atoms with E-state index in [0.717, 1.165) is 10.1 Å². The van der Waals surface area contributed by atoms with Crippen molar-refractivity contribution in [3.63, 3.8) is 0 Å². The van der Waals surface area contributed by atoms with Crippen LogP contribution in [0.1, 0.15) is 20.0 Å². The van der Waals surface area contributed by atoms with Crippen LogP contribution in [-0.4, -0.2) is 32.6 Å². The highest BCUT2D eigenvalue weighted by atomic mass is 32.1. The zero-order chi connectivity index (χ0) is 17.8. The summed E-state index contributed by atoms with van der Waals surface area (Å²) in [6.45, 7) is -0.351. The van der Waals surface area contributed by atoms with E-state index in [1.165, 1.54) is 25.6 Å². The van der Waals surface area contributed by atoms with Crippen LogP contribution < -0.4 is 9.47 Å². The van der Waals surface area contributed by atoms with Crippen molar-refractivity contribution >= 4 is 33.2 Å². The summed E-state index contributed by atoms with van der Waals surface area (Å²) in [6, 6.07) is 14.3. The number of Topliss-reactive ketones (excluding diaryl/α,β-unsaturated/α-hetero) is 1. The Hall–Kier alpha value is -2.86. The Labute approximate surface area is 148 Å². The van der Waals surface area contributed by atoms with Crippen molar-refractivity contribution in [3.05, 3.63) is 59.0 Å². The molecule has 0 spiro atoms. The largest absolute Gasteiger partial charge is 0.497 e. The highest BCUT2D eigenvalue weighted by molar-refractivity contribution is 7.20. The number of benzene rings is 2. The predicted molar refractivity (Wildman–Crippen MR) is 96.0 cm³/mol. The number of carbonyl (C=O) groups is 2. The first-order valence-corrected chi connectivity index (χ1v) is 8.35. The minimum Gasteiger partial charge on any atom is -0.497 e. The second-order valence-electron chi connectivity index (χ2n) is 5.21. The van der Waals surface area contributed by atoms with Gasteiger partial charge in [-0.2, -0.15) is 0 Å². The molecule has 0 atom stereocenters. The molecule has 0 bridgehead atoms. The van der Waals surface area contributed by atoms with Crippen LogP contribution in [0.4, 0.5) is 0 Å². The van der Waals surface area contributed by atoms with Crippen molar-refractivity contribution in [2.75, 3.05) is 20.8 Å². The summed E-state index contributed by atoms with van der Waals surface area (Å²) < 4.78 is 16.5. The van der Waals surface area contributed by atoms with Crippen LogP contribution in [0.25, 0.3) is 10.1 Å². The number of thiophene rings is 1. The summed E-state index contributed by atoms with van der Waals surface area (Å²) in [5, 5.41) is 0.975. The Morgan fingerprint density at radius 1 is 1.00 bits per heavy atom. The van der Waals surface area contributed by atoms with Crippen molar-refractivity contribution in [2.24, 2.45) is 0 Å². The Morgan fingerprint density at radius 3 is 2.52 bits per heavy atom. The average molecular weight is 356 g/mol. The van der Waals surface area contributed by atoms with E-state index in [1.807, 2.05) is 24.3 Å². The maximum Gasteiger partial charge on any atom is 0.348 e. The van der Waals surface area contributed by atoms with E-state index in [2.05, 4.69) is 0 Å². The molecule has 0 fully saturated rings. The van der Waals surface area contributed by atoms with Crippen molar-refractivity contribution in [1.82, 2.24) is 0 Å². The predicted octanol–water partition coefficient (Wildman–Crippen LogP) is 3.96. The van der Waals surface area contributed by atoms with Gasteiger partial charge in [0.15, 0.2) is 6.61 Å².